The van der Waals surface area contributed by atoms with E-state index in [1.54, 1.807) is 7.05 Å². The van der Waals surface area contributed by atoms with Gasteiger partial charge in [0.05, 0.1) is 6.61 Å². The van der Waals surface area contributed by atoms with Gasteiger partial charge in [-0.15, -0.1) is 24.0 Å². The van der Waals surface area contributed by atoms with Crippen LogP contribution in [0.15, 0.2) is 65.7 Å². The molecule has 0 unspecified atom stereocenters. The first kappa shape index (κ1) is 20.3. The van der Waals surface area contributed by atoms with Crippen LogP contribution in [0.4, 0.5) is 0 Å². The first-order chi connectivity index (χ1) is 11.4. The third-order valence-electron chi connectivity index (χ3n) is 3.40. The van der Waals surface area contributed by atoms with Gasteiger partial charge in [-0.1, -0.05) is 48.5 Å². The second-order valence-corrected chi connectivity index (χ2v) is 5.21. The van der Waals surface area contributed by atoms with Crippen molar-refractivity contribution in [2.45, 2.75) is 19.4 Å². The van der Waals surface area contributed by atoms with Crippen LogP contribution < -0.4 is 15.4 Å². The molecule has 0 fully saturated rings. The van der Waals surface area contributed by atoms with Crippen LogP contribution in [0.25, 0.3) is 0 Å². The zero-order valence-electron chi connectivity index (χ0n) is 14.1. The third-order valence-corrected chi connectivity index (χ3v) is 3.40. The van der Waals surface area contributed by atoms with Crippen molar-refractivity contribution in [1.29, 1.82) is 0 Å². The van der Waals surface area contributed by atoms with E-state index in [-0.39, 0.29) is 24.0 Å². The molecule has 24 heavy (non-hydrogen) atoms. The maximum absolute atomic E-state index is 5.67. The lowest BCUT2D eigenvalue weighted by atomic mass is 10.2. The summed E-state index contributed by atoms with van der Waals surface area (Å²) >= 11 is 0. The van der Waals surface area contributed by atoms with Gasteiger partial charge in [-0.2, -0.15) is 0 Å². The van der Waals surface area contributed by atoms with Gasteiger partial charge in [0.15, 0.2) is 5.96 Å². The molecule has 0 aliphatic heterocycles. The highest BCUT2D eigenvalue weighted by Crippen LogP contribution is 2.08. The number of halogens is 1. The van der Waals surface area contributed by atoms with Gasteiger partial charge in [-0.25, -0.2) is 0 Å². The number of hydrogen-bond donors (Lipinski definition) is 2. The zero-order valence-corrected chi connectivity index (χ0v) is 16.4. The molecule has 4 nitrogen and oxygen atoms in total. The van der Waals surface area contributed by atoms with Crippen LogP contribution in [0, 0.1) is 0 Å². The van der Waals surface area contributed by atoms with Crippen LogP contribution in [0.1, 0.15) is 18.4 Å². The van der Waals surface area contributed by atoms with Gasteiger partial charge in [-0.05, 0) is 30.5 Å². The predicted octanol–water partition coefficient (Wildman–Crippen LogP) is 3.83. The number of guanidine groups is 1. The molecule has 0 heterocycles. The summed E-state index contributed by atoms with van der Waals surface area (Å²) in [6.45, 7) is 2.39. The molecule has 0 radical (unpaired) electrons. The Kier molecular flexibility index (Phi) is 10.7. The third kappa shape index (κ3) is 8.19. The van der Waals surface area contributed by atoms with Gasteiger partial charge >= 0.3 is 0 Å². The van der Waals surface area contributed by atoms with Crippen molar-refractivity contribution in [2.24, 2.45) is 4.99 Å². The fraction of sp³-hybridized carbons (Fsp3) is 0.316. The van der Waals surface area contributed by atoms with E-state index in [2.05, 4.69) is 27.8 Å². The van der Waals surface area contributed by atoms with E-state index in [1.165, 1.54) is 5.56 Å². The molecule has 0 aromatic heterocycles. The molecule has 5 heteroatoms. The topological polar surface area (TPSA) is 45.7 Å². The minimum Gasteiger partial charge on any atom is -0.494 e. The Morgan fingerprint density at radius 1 is 0.917 bits per heavy atom. The highest BCUT2D eigenvalue weighted by Gasteiger charge is 1.98. The Balaban J connectivity index is 0.00000288. The average Bonchev–Trinajstić information content (AvgIpc) is 2.62. The maximum Gasteiger partial charge on any atom is 0.191 e. The summed E-state index contributed by atoms with van der Waals surface area (Å²) < 4.78 is 5.67. The summed E-state index contributed by atoms with van der Waals surface area (Å²) in [5, 5.41) is 6.63. The van der Waals surface area contributed by atoms with Gasteiger partial charge in [0.2, 0.25) is 0 Å². The summed E-state index contributed by atoms with van der Waals surface area (Å²) in [5.41, 5.74) is 1.24. The van der Waals surface area contributed by atoms with Crippen molar-refractivity contribution in [3.8, 4) is 5.75 Å². The summed E-state index contributed by atoms with van der Waals surface area (Å²) in [6, 6.07) is 20.2. The normalized spacial score (nSPS) is 10.6. The minimum atomic E-state index is 0. The number of nitrogens with one attached hydrogen (secondary N) is 2. The van der Waals surface area contributed by atoms with E-state index in [4.69, 9.17) is 4.74 Å². The molecule has 0 saturated heterocycles. The number of para-hydroxylation sites is 1. The molecule has 0 spiro atoms. The number of benzene rings is 2. The fourth-order valence-corrected chi connectivity index (χ4v) is 2.14. The molecule has 2 aromatic carbocycles. The second kappa shape index (κ2) is 12.6. The van der Waals surface area contributed by atoms with Crippen LogP contribution in [0.5, 0.6) is 5.75 Å². The van der Waals surface area contributed by atoms with Gasteiger partial charge in [0.1, 0.15) is 5.75 Å². The average molecular weight is 439 g/mol. The Labute approximate surface area is 161 Å². The molecule has 2 rings (SSSR count). The molecule has 2 aromatic rings. The van der Waals surface area contributed by atoms with Crippen molar-refractivity contribution in [3.05, 3.63) is 66.2 Å². The quantitative estimate of drug-likeness (QED) is 0.285. The molecule has 0 aliphatic rings. The second-order valence-electron chi connectivity index (χ2n) is 5.21. The SMILES string of the molecule is CN=C(NCCCCOc1ccccc1)NCc1ccccc1.I. The number of ether oxygens (including phenoxy) is 1. The molecule has 0 aliphatic carbocycles. The van der Waals surface area contributed by atoms with E-state index in [0.29, 0.717) is 0 Å². The van der Waals surface area contributed by atoms with Gasteiger partial charge in [-0.3, -0.25) is 4.99 Å². The summed E-state index contributed by atoms with van der Waals surface area (Å²) in [6.07, 6.45) is 2.05. The molecule has 0 bridgehead atoms. The van der Waals surface area contributed by atoms with Crippen LogP contribution in [0.2, 0.25) is 0 Å². The summed E-state index contributed by atoms with van der Waals surface area (Å²) in [5.74, 6) is 1.76. The molecule has 0 amide bonds. The molecule has 2 N–H and O–H groups in total. The van der Waals surface area contributed by atoms with Crippen LogP contribution >= 0.6 is 24.0 Å². The van der Waals surface area contributed by atoms with Crippen molar-refractivity contribution < 1.29 is 4.74 Å². The van der Waals surface area contributed by atoms with E-state index in [1.807, 2.05) is 48.5 Å². The molecule has 0 atom stereocenters. The van der Waals surface area contributed by atoms with E-state index in [0.717, 1.165) is 44.2 Å². The lowest BCUT2D eigenvalue weighted by molar-refractivity contribution is 0.307. The Morgan fingerprint density at radius 2 is 1.58 bits per heavy atom. The Bertz CT molecular complexity index is 576. The fourth-order valence-electron chi connectivity index (χ4n) is 2.14. The number of rotatable bonds is 8. The number of hydrogen-bond acceptors (Lipinski definition) is 2. The first-order valence-electron chi connectivity index (χ1n) is 8.05. The Morgan fingerprint density at radius 3 is 2.25 bits per heavy atom. The van der Waals surface area contributed by atoms with Gasteiger partial charge in [0.25, 0.3) is 0 Å². The molecule has 0 saturated carbocycles. The molecular weight excluding hydrogens is 413 g/mol. The van der Waals surface area contributed by atoms with Crippen LogP contribution in [-0.4, -0.2) is 26.2 Å². The zero-order chi connectivity index (χ0) is 16.2. The molecular formula is C19H26IN3O. The van der Waals surface area contributed by atoms with E-state index in [9.17, 15) is 0 Å². The minimum absolute atomic E-state index is 0. The van der Waals surface area contributed by atoms with Crippen LogP contribution in [-0.2, 0) is 6.54 Å². The van der Waals surface area contributed by atoms with Gasteiger partial charge < -0.3 is 15.4 Å². The van der Waals surface area contributed by atoms with Crippen molar-refractivity contribution in [1.82, 2.24) is 10.6 Å². The van der Waals surface area contributed by atoms with Gasteiger partial charge in [0, 0.05) is 20.1 Å². The Hall–Kier alpha value is -1.76. The lowest BCUT2D eigenvalue weighted by Gasteiger charge is -2.12. The van der Waals surface area contributed by atoms with Crippen molar-refractivity contribution >= 4 is 29.9 Å². The number of nitrogens with zero attached hydrogens (tertiary/aromatic N) is 1. The lowest BCUT2D eigenvalue weighted by Crippen LogP contribution is -2.37. The first-order valence-corrected chi connectivity index (χ1v) is 8.05. The van der Waals surface area contributed by atoms with Crippen molar-refractivity contribution in [2.75, 3.05) is 20.2 Å². The van der Waals surface area contributed by atoms with Crippen LogP contribution in [0.3, 0.4) is 0 Å². The monoisotopic (exact) mass is 439 g/mol. The number of unbranched alkanes of at least 4 members (excludes halogenated alkanes) is 1. The summed E-state index contributed by atoms with van der Waals surface area (Å²) in [7, 11) is 1.79. The smallest absolute Gasteiger partial charge is 0.191 e. The standard InChI is InChI=1S/C19H25N3O.HI/c1-20-19(22-16-17-10-4-2-5-11-17)21-14-8-9-15-23-18-12-6-3-7-13-18;/h2-7,10-13H,8-9,14-16H2,1H3,(H2,20,21,22);1H. The van der Waals surface area contributed by atoms with E-state index >= 15 is 0 Å². The highest BCUT2D eigenvalue weighted by molar-refractivity contribution is 14.0. The number of aliphatic imine (C=N–C) groups is 1. The summed E-state index contributed by atoms with van der Waals surface area (Å²) in [4.78, 5) is 4.23. The van der Waals surface area contributed by atoms with E-state index < -0.39 is 0 Å². The largest absolute Gasteiger partial charge is 0.494 e. The predicted molar refractivity (Wildman–Crippen MR) is 111 cm³/mol. The highest BCUT2D eigenvalue weighted by atomic mass is 127. The maximum atomic E-state index is 5.67. The molecule has 130 valence electrons. The van der Waals surface area contributed by atoms with Crippen molar-refractivity contribution in [3.63, 3.8) is 0 Å².